The second-order valence-corrected chi connectivity index (χ2v) is 7.90. The van der Waals surface area contributed by atoms with Gasteiger partial charge in [0.1, 0.15) is 23.3 Å². The molecule has 0 amide bonds. The Kier molecular flexibility index (Phi) is 6.65. The van der Waals surface area contributed by atoms with Crippen molar-refractivity contribution in [2.75, 3.05) is 0 Å². The van der Waals surface area contributed by atoms with Crippen LogP contribution in [0.5, 0.6) is 0 Å². The van der Waals surface area contributed by atoms with E-state index in [-0.39, 0.29) is 24.0 Å². The van der Waals surface area contributed by atoms with Crippen molar-refractivity contribution in [2.24, 2.45) is 0 Å². The van der Waals surface area contributed by atoms with Gasteiger partial charge in [0.2, 0.25) is 0 Å². The van der Waals surface area contributed by atoms with Crippen LogP contribution >= 0.6 is 0 Å². The Morgan fingerprint density at radius 2 is 1.15 bits per heavy atom. The normalized spacial score (nSPS) is 10.9. The summed E-state index contributed by atoms with van der Waals surface area (Å²) >= 11 is 0. The van der Waals surface area contributed by atoms with E-state index in [9.17, 15) is 26.3 Å². The highest BCUT2D eigenvalue weighted by atomic mass is 19.2. The summed E-state index contributed by atoms with van der Waals surface area (Å²) < 4.78 is 84.3. The maximum absolute atomic E-state index is 14.6. The average molecular weight is 468 g/mol. The Morgan fingerprint density at radius 1 is 0.559 bits per heavy atom. The van der Waals surface area contributed by atoms with Gasteiger partial charge in [-0.2, -0.15) is 0 Å². The largest absolute Gasteiger partial charge is 0.207 e. The second-order valence-electron chi connectivity index (χ2n) is 7.90. The van der Waals surface area contributed by atoms with Crippen LogP contribution in [0, 0.1) is 46.7 Å². The molecule has 0 aliphatic heterocycles. The molecule has 0 radical (unpaired) electrons. The van der Waals surface area contributed by atoms with Gasteiger partial charge in [0.05, 0.1) is 5.56 Å². The van der Waals surface area contributed by atoms with Crippen molar-refractivity contribution in [3.63, 3.8) is 0 Å². The van der Waals surface area contributed by atoms with Gasteiger partial charge < -0.3 is 0 Å². The number of fused-ring (bicyclic) bond motifs is 1. The molecule has 6 heteroatoms. The van der Waals surface area contributed by atoms with Crippen LogP contribution in [0.2, 0.25) is 0 Å². The molecule has 0 atom stereocenters. The van der Waals surface area contributed by atoms with E-state index in [1.54, 1.807) is 6.92 Å². The van der Waals surface area contributed by atoms with Gasteiger partial charge in [-0.25, -0.2) is 26.3 Å². The molecule has 4 aromatic rings. The zero-order valence-corrected chi connectivity index (χ0v) is 18.1. The number of halogens is 6. The third-order valence-corrected chi connectivity index (χ3v) is 5.59. The van der Waals surface area contributed by atoms with Crippen molar-refractivity contribution < 1.29 is 26.3 Å². The smallest absolute Gasteiger partial charge is 0.159 e. The molecule has 34 heavy (non-hydrogen) atoms. The molecule has 4 aromatic carbocycles. The van der Waals surface area contributed by atoms with Crippen LogP contribution in [0.15, 0.2) is 54.6 Å². The molecule has 0 saturated carbocycles. The quantitative estimate of drug-likeness (QED) is 0.216. The van der Waals surface area contributed by atoms with E-state index >= 15 is 0 Å². The SMILES string of the molecule is CCc1cc(F)c(CCc2cc(F)c(C#Cc3ccc4cc(F)c(F)cc4c3)c(F)c2)c(F)c1. The van der Waals surface area contributed by atoms with Crippen molar-refractivity contribution in [3.8, 4) is 11.8 Å². The van der Waals surface area contributed by atoms with Crippen LogP contribution in [0.4, 0.5) is 26.3 Å². The highest BCUT2D eigenvalue weighted by Crippen LogP contribution is 2.22. The summed E-state index contributed by atoms with van der Waals surface area (Å²) in [6.45, 7) is 1.78. The topological polar surface area (TPSA) is 0 Å². The summed E-state index contributed by atoms with van der Waals surface area (Å²) in [6.07, 6.45) is 0.467. The Bertz CT molecular complexity index is 1410. The summed E-state index contributed by atoms with van der Waals surface area (Å²) in [6, 6.07) is 11.3. The van der Waals surface area contributed by atoms with E-state index < -0.39 is 40.5 Å². The van der Waals surface area contributed by atoms with E-state index in [0.29, 0.717) is 28.3 Å². The lowest BCUT2D eigenvalue weighted by Gasteiger charge is -2.08. The molecule has 4 rings (SSSR count). The fourth-order valence-corrected chi connectivity index (χ4v) is 3.71. The van der Waals surface area contributed by atoms with E-state index in [1.807, 2.05) is 0 Å². The Morgan fingerprint density at radius 3 is 1.76 bits per heavy atom. The van der Waals surface area contributed by atoms with Gasteiger partial charge >= 0.3 is 0 Å². The lowest BCUT2D eigenvalue weighted by Crippen LogP contribution is -2.02. The molecule has 0 nitrogen and oxygen atoms in total. The van der Waals surface area contributed by atoms with Gasteiger partial charge in [0, 0.05) is 11.1 Å². The first-order valence-electron chi connectivity index (χ1n) is 10.6. The Hall–Kier alpha value is -3.72. The molecule has 172 valence electrons. The second kappa shape index (κ2) is 9.64. The number of rotatable bonds is 4. The number of benzene rings is 4. The Labute approximate surface area is 192 Å². The minimum absolute atomic E-state index is 0.0354. The van der Waals surface area contributed by atoms with Crippen LogP contribution in [0.1, 0.15) is 34.7 Å². The van der Waals surface area contributed by atoms with Crippen molar-refractivity contribution >= 4 is 10.8 Å². The molecule has 0 fully saturated rings. The highest BCUT2D eigenvalue weighted by Gasteiger charge is 2.14. The van der Waals surface area contributed by atoms with E-state index in [4.69, 9.17) is 0 Å². The number of hydrogen-bond donors (Lipinski definition) is 0. The maximum atomic E-state index is 14.6. The molecule has 0 unspecified atom stereocenters. The maximum Gasteiger partial charge on any atom is 0.159 e. The van der Waals surface area contributed by atoms with Gasteiger partial charge in [0.15, 0.2) is 11.6 Å². The van der Waals surface area contributed by atoms with Gasteiger partial charge in [-0.1, -0.05) is 24.8 Å². The highest BCUT2D eigenvalue weighted by molar-refractivity contribution is 5.84. The van der Waals surface area contributed by atoms with Gasteiger partial charge in [0.25, 0.3) is 0 Å². The van der Waals surface area contributed by atoms with Crippen molar-refractivity contribution in [2.45, 2.75) is 26.2 Å². The van der Waals surface area contributed by atoms with Crippen LogP contribution in [-0.2, 0) is 19.3 Å². The molecule has 0 aliphatic carbocycles. The first kappa shape index (κ1) is 23.4. The van der Waals surface area contributed by atoms with Crippen LogP contribution in [0.3, 0.4) is 0 Å². The van der Waals surface area contributed by atoms with E-state index in [1.165, 1.54) is 30.3 Å². The first-order chi connectivity index (χ1) is 16.2. The number of hydrogen-bond acceptors (Lipinski definition) is 0. The minimum atomic E-state index is -1.01. The average Bonchev–Trinajstić information content (AvgIpc) is 2.78. The molecule has 0 bridgehead atoms. The van der Waals surface area contributed by atoms with Gasteiger partial charge in [-0.3, -0.25) is 0 Å². The van der Waals surface area contributed by atoms with E-state index in [0.717, 1.165) is 24.3 Å². The zero-order valence-electron chi connectivity index (χ0n) is 18.1. The van der Waals surface area contributed by atoms with Crippen molar-refractivity contribution in [1.82, 2.24) is 0 Å². The molecule has 0 spiro atoms. The summed E-state index contributed by atoms with van der Waals surface area (Å²) in [4.78, 5) is 0. The molecular formula is C28H18F6. The summed E-state index contributed by atoms with van der Waals surface area (Å²) in [5.41, 5.74) is 0.542. The lowest BCUT2D eigenvalue weighted by atomic mass is 10.00. The molecule has 0 N–H and O–H groups in total. The first-order valence-corrected chi connectivity index (χ1v) is 10.6. The third-order valence-electron chi connectivity index (χ3n) is 5.59. The monoisotopic (exact) mass is 468 g/mol. The van der Waals surface area contributed by atoms with E-state index in [2.05, 4.69) is 11.8 Å². The fourth-order valence-electron chi connectivity index (χ4n) is 3.71. The predicted molar refractivity (Wildman–Crippen MR) is 119 cm³/mol. The summed E-state index contributed by atoms with van der Waals surface area (Å²) in [7, 11) is 0. The lowest BCUT2D eigenvalue weighted by molar-refractivity contribution is 0.511. The molecular weight excluding hydrogens is 450 g/mol. The van der Waals surface area contributed by atoms with Gasteiger partial charge in [-0.05, 0) is 89.7 Å². The zero-order chi connectivity index (χ0) is 24.4. The minimum Gasteiger partial charge on any atom is -0.207 e. The third kappa shape index (κ3) is 4.94. The summed E-state index contributed by atoms with van der Waals surface area (Å²) in [5.74, 6) is -0.0947. The van der Waals surface area contributed by atoms with Crippen LogP contribution in [0.25, 0.3) is 10.8 Å². The van der Waals surface area contributed by atoms with Gasteiger partial charge in [-0.15, -0.1) is 0 Å². The predicted octanol–water partition coefficient (Wildman–Crippen LogP) is 7.42. The van der Waals surface area contributed by atoms with Crippen LogP contribution in [-0.4, -0.2) is 0 Å². The molecule has 0 saturated heterocycles. The van der Waals surface area contributed by atoms with Crippen LogP contribution < -0.4 is 0 Å². The molecule has 0 heterocycles. The Balaban J connectivity index is 1.56. The molecule has 0 aliphatic rings. The number of aryl methyl sites for hydroxylation is 2. The van der Waals surface area contributed by atoms with Crippen molar-refractivity contribution in [1.29, 1.82) is 0 Å². The summed E-state index contributed by atoms with van der Waals surface area (Å²) in [5, 5.41) is 0.858. The fraction of sp³-hybridized carbons (Fsp3) is 0.143. The standard InChI is InChI=1S/C28H18F6/c1-2-16-10-23(29)22(24(30)11-16)8-5-18-12-25(31)21(26(32)13-18)7-4-17-3-6-19-14-27(33)28(34)15-20(19)9-17/h3,6,9-15H,2,5,8H2,1H3. The van der Waals surface area contributed by atoms with Crippen molar-refractivity contribution in [3.05, 3.63) is 117 Å². The molecule has 0 aromatic heterocycles.